The van der Waals surface area contributed by atoms with Crippen LogP contribution in [0.1, 0.15) is 49.9 Å². The van der Waals surface area contributed by atoms with Crippen LogP contribution < -0.4 is 10.8 Å². The van der Waals surface area contributed by atoms with Gasteiger partial charge in [-0.3, -0.25) is 4.79 Å². The van der Waals surface area contributed by atoms with Gasteiger partial charge in [-0.1, -0.05) is 6.07 Å². The standard InChI is InChI=1S/C17H26BNO5/c1-16(2)17(3,4)24-18(23-16)13-10-11(14(20)19-5)8-9-12(13)15(21-6)22-7/h8-10,15H,1-7H3,(H,19,20). The molecule has 0 bridgehead atoms. The molecule has 0 aromatic heterocycles. The van der Waals surface area contributed by atoms with E-state index in [1.54, 1.807) is 33.4 Å². The lowest BCUT2D eigenvalue weighted by Crippen LogP contribution is -2.41. The molecule has 0 atom stereocenters. The van der Waals surface area contributed by atoms with E-state index in [1.807, 2.05) is 33.8 Å². The molecule has 0 unspecified atom stereocenters. The molecule has 1 aromatic carbocycles. The first-order valence-electron chi connectivity index (χ1n) is 7.94. The van der Waals surface area contributed by atoms with E-state index in [9.17, 15) is 4.79 Å². The molecule has 1 aliphatic heterocycles. The maximum Gasteiger partial charge on any atom is 0.495 e. The maximum absolute atomic E-state index is 12.0. The van der Waals surface area contributed by atoms with Crippen LogP contribution in [-0.4, -0.2) is 45.5 Å². The second-order valence-electron chi connectivity index (χ2n) is 6.81. The molecular weight excluding hydrogens is 309 g/mol. The van der Waals surface area contributed by atoms with Crippen LogP contribution in [0.25, 0.3) is 0 Å². The minimum Gasteiger partial charge on any atom is -0.399 e. The van der Waals surface area contributed by atoms with E-state index in [1.165, 1.54) is 0 Å². The summed E-state index contributed by atoms with van der Waals surface area (Å²) in [4.78, 5) is 12.0. The highest BCUT2D eigenvalue weighted by Gasteiger charge is 2.52. The molecule has 0 radical (unpaired) electrons. The molecule has 2 rings (SSSR count). The van der Waals surface area contributed by atoms with Gasteiger partial charge in [-0.05, 0) is 45.3 Å². The molecule has 24 heavy (non-hydrogen) atoms. The predicted octanol–water partition coefficient (Wildman–Crippen LogP) is 1.64. The highest BCUT2D eigenvalue weighted by molar-refractivity contribution is 6.62. The van der Waals surface area contributed by atoms with Crippen LogP contribution in [0.4, 0.5) is 0 Å². The van der Waals surface area contributed by atoms with Crippen molar-refractivity contribution in [2.24, 2.45) is 0 Å². The predicted molar refractivity (Wildman–Crippen MR) is 92.3 cm³/mol. The van der Waals surface area contributed by atoms with Crippen LogP contribution in [0, 0.1) is 0 Å². The van der Waals surface area contributed by atoms with Gasteiger partial charge in [0, 0.05) is 32.4 Å². The monoisotopic (exact) mass is 335 g/mol. The van der Waals surface area contributed by atoms with E-state index in [0.717, 1.165) is 11.0 Å². The summed E-state index contributed by atoms with van der Waals surface area (Å²) >= 11 is 0. The molecule has 1 heterocycles. The Labute approximate surface area is 143 Å². The van der Waals surface area contributed by atoms with Crippen molar-refractivity contribution in [3.8, 4) is 0 Å². The molecular formula is C17H26BNO5. The lowest BCUT2D eigenvalue weighted by Gasteiger charge is -2.32. The van der Waals surface area contributed by atoms with Gasteiger partial charge in [0.2, 0.25) is 0 Å². The van der Waals surface area contributed by atoms with Gasteiger partial charge >= 0.3 is 7.12 Å². The van der Waals surface area contributed by atoms with Crippen LogP contribution in [-0.2, 0) is 18.8 Å². The Hall–Kier alpha value is -1.41. The Balaban J connectivity index is 2.51. The van der Waals surface area contributed by atoms with E-state index in [0.29, 0.717) is 5.56 Å². The van der Waals surface area contributed by atoms with E-state index in [2.05, 4.69) is 5.32 Å². The summed E-state index contributed by atoms with van der Waals surface area (Å²) in [6, 6.07) is 5.30. The Kier molecular flexibility index (Phi) is 5.39. The fourth-order valence-electron chi connectivity index (χ4n) is 2.60. The third-order valence-electron chi connectivity index (χ3n) is 4.77. The van der Waals surface area contributed by atoms with Crippen LogP contribution in [0.3, 0.4) is 0 Å². The van der Waals surface area contributed by atoms with Crippen LogP contribution in [0.15, 0.2) is 18.2 Å². The SMILES string of the molecule is CNC(=O)c1ccc(C(OC)OC)c(B2OC(C)(C)C(C)(C)O2)c1. The van der Waals surface area contributed by atoms with Gasteiger partial charge in [0.1, 0.15) is 0 Å². The van der Waals surface area contributed by atoms with Crippen molar-refractivity contribution in [1.82, 2.24) is 5.32 Å². The van der Waals surface area contributed by atoms with Crippen LogP contribution >= 0.6 is 0 Å². The van der Waals surface area contributed by atoms with Crippen LogP contribution in [0.5, 0.6) is 0 Å². The number of methoxy groups -OCH3 is 2. The average Bonchev–Trinajstić information content (AvgIpc) is 2.76. The van der Waals surface area contributed by atoms with Gasteiger partial charge in [0.25, 0.3) is 5.91 Å². The molecule has 6 nitrogen and oxygen atoms in total. The average molecular weight is 335 g/mol. The summed E-state index contributed by atoms with van der Waals surface area (Å²) in [5.41, 5.74) is 1.06. The summed E-state index contributed by atoms with van der Waals surface area (Å²) in [6.07, 6.45) is -0.572. The second kappa shape index (κ2) is 6.84. The van der Waals surface area contributed by atoms with Gasteiger partial charge in [-0.15, -0.1) is 0 Å². The van der Waals surface area contributed by atoms with Crippen molar-refractivity contribution in [1.29, 1.82) is 0 Å². The lowest BCUT2D eigenvalue weighted by atomic mass is 9.75. The molecule has 0 aliphatic carbocycles. The molecule has 132 valence electrons. The smallest absolute Gasteiger partial charge is 0.399 e. The number of hydrogen-bond acceptors (Lipinski definition) is 5. The summed E-state index contributed by atoms with van der Waals surface area (Å²) in [6.45, 7) is 7.94. The Morgan fingerprint density at radius 1 is 1.12 bits per heavy atom. The molecule has 7 heteroatoms. The third-order valence-corrected chi connectivity index (χ3v) is 4.77. The van der Waals surface area contributed by atoms with Gasteiger partial charge in [0.15, 0.2) is 6.29 Å². The molecule has 1 saturated heterocycles. The zero-order valence-corrected chi connectivity index (χ0v) is 15.4. The third kappa shape index (κ3) is 3.35. The lowest BCUT2D eigenvalue weighted by molar-refractivity contribution is -0.105. The number of amides is 1. The first-order valence-corrected chi connectivity index (χ1v) is 7.94. The molecule has 1 fully saturated rings. The van der Waals surface area contributed by atoms with E-state index >= 15 is 0 Å². The molecule has 1 N–H and O–H groups in total. The highest BCUT2D eigenvalue weighted by atomic mass is 16.7. The minimum atomic E-state index is -0.609. The largest absolute Gasteiger partial charge is 0.495 e. The Morgan fingerprint density at radius 2 is 1.67 bits per heavy atom. The fourth-order valence-corrected chi connectivity index (χ4v) is 2.60. The Morgan fingerprint density at radius 3 is 2.12 bits per heavy atom. The first kappa shape index (κ1) is 18.9. The number of carbonyl (C=O) groups excluding carboxylic acids is 1. The number of rotatable bonds is 5. The van der Waals surface area contributed by atoms with Gasteiger partial charge < -0.3 is 24.1 Å². The summed E-state index contributed by atoms with van der Waals surface area (Å²) in [5.74, 6) is -0.175. The van der Waals surface area contributed by atoms with Crippen LogP contribution in [0.2, 0.25) is 0 Å². The minimum absolute atomic E-state index is 0.175. The van der Waals surface area contributed by atoms with Crippen molar-refractivity contribution >= 4 is 18.5 Å². The van der Waals surface area contributed by atoms with Gasteiger partial charge in [-0.25, -0.2) is 0 Å². The number of hydrogen-bond donors (Lipinski definition) is 1. The first-order chi connectivity index (χ1) is 11.2. The normalized spacial score (nSPS) is 18.9. The van der Waals surface area contributed by atoms with Crippen molar-refractivity contribution in [3.05, 3.63) is 29.3 Å². The Bertz CT molecular complexity index is 597. The van der Waals surface area contributed by atoms with Crippen molar-refractivity contribution in [2.45, 2.75) is 45.2 Å². The number of benzene rings is 1. The van der Waals surface area contributed by atoms with Gasteiger partial charge in [0.05, 0.1) is 11.2 Å². The number of ether oxygens (including phenoxy) is 2. The summed E-state index contributed by atoms with van der Waals surface area (Å²) < 4.78 is 23.0. The van der Waals surface area contributed by atoms with E-state index < -0.39 is 24.6 Å². The summed E-state index contributed by atoms with van der Waals surface area (Å²) in [7, 11) is 4.11. The van der Waals surface area contributed by atoms with E-state index in [-0.39, 0.29) is 5.91 Å². The molecule has 0 saturated carbocycles. The molecule has 1 amide bonds. The number of carbonyl (C=O) groups is 1. The molecule has 1 aliphatic rings. The second-order valence-corrected chi connectivity index (χ2v) is 6.81. The van der Waals surface area contributed by atoms with Crippen molar-refractivity contribution in [2.75, 3.05) is 21.3 Å². The molecule has 1 aromatic rings. The van der Waals surface area contributed by atoms with Crippen molar-refractivity contribution in [3.63, 3.8) is 0 Å². The fraction of sp³-hybridized carbons (Fsp3) is 0.588. The zero-order valence-electron chi connectivity index (χ0n) is 15.4. The maximum atomic E-state index is 12.0. The van der Waals surface area contributed by atoms with Gasteiger partial charge in [-0.2, -0.15) is 0 Å². The number of nitrogens with one attached hydrogen (secondary N) is 1. The van der Waals surface area contributed by atoms with E-state index in [4.69, 9.17) is 18.8 Å². The van der Waals surface area contributed by atoms with Crippen molar-refractivity contribution < 1.29 is 23.6 Å². The summed E-state index contributed by atoms with van der Waals surface area (Å²) in [5, 5.41) is 2.63. The highest BCUT2D eigenvalue weighted by Crippen LogP contribution is 2.37. The molecule has 0 spiro atoms. The zero-order chi connectivity index (χ0) is 18.1. The quantitative estimate of drug-likeness (QED) is 0.655. The topological polar surface area (TPSA) is 66.0 Å².